The Balaban J connectivity index is 1.86. The smallest absolute Gasteiger partial charge is 0.261 e. The van der Waals surface area contributed by atoms with E-state index in [-0.39, 0.29) is 16.1 Å². The van der Waals surface area contributed by atoms with E-state index in [9.17, 15) is 22.0 Å². The number of hydrogen-bond acceptors (Lipinski definition) is 4. The van der Waals surface area contributed by atoms with Crippen LogP contribution in [-0.4, -0.2) is 21.4 Å². The topological polar surface area (TPSA) is 84.5 Å². The first kappa shape index (κ1) is 21.3. The highest BCUT2D eigenvalue weighted by Crippen LogP contribution is 2.23. The third kappa shape index (κ3) is 4.74. The van der Waals surface area contributed by atoms with E-state index in [0.29, 0.717) is 23.1 Å². The van der Waals surface area contributed by atoms with Crippen LogP contribution in [0.5, 0.6) is 5.75 Å². The molecule has 6 nitrogen and oxygen atoms in total. The zero-order valence-corrected chi connectivity index (χ0v) is 16.9. The number of anilines is 2. The van der Waals surface area contributed by atoms with Crippen molar-refractivity contribution in [3.05, 3.63) is 83.4 Å². The molecule has 30 heavy (non-hydrogen) atoms. The van der Waals surface area contributed by atoms with Gasteiger partial charge in [-0.2, -0.15) is 0 Å². The molecule has 0 atom stereocenters. The minimum atomic E-state index is -3.99. The molecule has 0 radical (unpaired) electrons. The number of benzene rings is 3. The van der Waals surface area contributed by atoms with Crippen LogP contribution < -0.4 is 14.8 Å². The van der Waals surface area contributed by atoms with E-state index < -0.39 is 27.6 Å². The molecule has 156 valence electrons. The van der Waals surface area contributed by atoms with Gasteiger partial charge >= 0.3 is 0 Å². The predicted octanol–water partition coefficient (Wildman–Crippen LogP) is 4.33. The van der Waals surface area contributed by atoms with Crippen LogP contribution in [-0.2, 0) is 10.0 Å². The van der Waals surface area contributed by atoms with Crippen molar-refractivity contribution in [2.45, 2.75) is 11.8 Å². The highest BCUT2D eigenvalue weighted by molar-refractivity contribution is 7.92. The molecule has 0 aliphatic carbocycles. The van der Waals surface area contributed by atoms with Gasteiger partial charge in [-0.05, 0) is 61.0 Å². The maximum absolute atomic E-state index is 13.8. The molecule has 0 spiro atoms. The summed E-state index contributed by atoms with van der Waals surface area (Å²) in [6, 6.07) is 13.0. The summed E-state index contributed by atoms with van der Waals surface area (Å²) in [5.41, 5.74) is 0.621. The van der Waals surface area contributed by atoms with Crippen LogP contribution in [0.15, 0.2) is 65.6 Å². The Morgan fingerprint density at radius 1 is 0.967 bits per heavy atom. The van der Waals surface area contributed by atoms with E-state index in [1.807, 2.05) is 0 Å². The molecule has 9 heteroatoms. The zero-order valence-electron chi connectivity index (χ0n) is 16.1. The van der Waals surface area contributed by atoms with E-state index in [1.54, 1.807) is 19.1 Å². The quantitative estimate of drug-likeness (QED) is 0.607. The number of methoxy groups -OCH3 is 1. The third-order valence-electron chi connectivity index (χ3n) is 4.29. The Morgan fingerprint density at radius 3 is 2.30 bits per heavy atom. The number of aryl methyl sites for hydroxylation is 1. The van der Waals surface area contributed by atoms with Gasteiger partial charge in [0.15, 0.2) is 0 Å². The number of sulfonamides is 1. The molecule has 3 aromatic carbocycles. The first-order chi connectivity index (χ1) is 14.2. The predicted molar refractivity (Wildman–Crippen MR) is 109 cm³/mol. The van der Waals surface area contributed by atoms with Crippen LogP contribution in [0.4, 0.5) is 20.2 Å². The number of carbonyl (C=O) groups is 1. The van der Waals surface area contributed by atoms with Crippen LogP contribution in [0.1, 0.15) is 15.9 Å². The molecule has 0 aliphatic rings. The number of carbonyl (C=O) groups excluding carboxylic acids is 1. The van der Waals surface area contributed by atoms with Gasteiger partial charge in [0.25, 0.3) is 15.9 Å². The molecule has 3 aromatic rings. The van der Waals surface area contributed by atoms with Gasteiger partial charge < -0.3 is 10.1 Å². The van der Waals surface area contributed by atoms with Crippen molar-refractivity contribution in [2.24, 2.45) is 0 Å². The molecule has 0 heterocycles. The third-order valence-corrected chi connectivity index (χ3v) is 5.66. The van der Waals surface area contributed by atoms with Gasteiger partial charge in [-0.15, -0.1) is 0 Å². The average molecular weight is 432 g/mol. The maximum Gasteiger partial charge on any atom is 0.261 e. The van der Waals surface area contributed by atoms with Crippen LogP contribution in [0.3, 0.4) is 0 Å². The fraction of sp³-hybridized carbons (Fsp3) is 0.0952. The van der Waals surface area contributed by atoms with Crippen molar-refractivity contribution in [3.63, 3.8) is 0 Å². The number of amides is 1. The second-order valence-electron chi connectivity index (χ2n) is 6.39. The first-order valence-corrected chi connectivity index (χ1v) is 10.2. The van der Waals surface area contributed by atoms with Crippen molar-refractivity contribution in [3.8, 4) is 5.75 Å². The van der Waals surface area contributed by atoms with Gasteiger partial charge in [0.2, 0.25) is 0 Å². The van der Waals surface area contributed by atoms with Crippen LogP contribution in [0.2, 0.25) is 0 Å². The van der Waals surface area contributed by atoms with Gasteiger partial charge in [0.05, 0.1) is 17.7 Å². The number of halogens is 2. The van der Waals surface area contributed by atoms with Crippen molar-refractivity contribution in [1.29, 1.82) is 0 Å². The van der Waals surface area contributed by atoms with Crippen LogP contribution in [0.25, 0.3) is 0 Å². The molecular formula is C21H18F2N2O4S. The Kier molecular flexibility index (Phi) is 6.02. The molecule has 0 aliphatic heterocycles. The average Bonchev–Trinajstić information content (AvgIpc) is 2.70. The number of ether oxygens (including phenoxy) is 1. The summed E-state index contributed by atoms with van der Waals surface area (Å²) in [5.74, 6) is -1.87. The molecule has 0 saturated carbocycles. The molecule has 1 amide bonds. The highest BCUT2D eigenvalue weighted by atomic mass is 32.2. The zero-order chi connectivity index (χ0) is 21.9. The summed E-state index contributed by atoms with van der Waals surface area (Å²) in [4.78, 5) is 12.4. The minimum absolute atomic E-state index is 0.0383. The molecule has 0 unspecified atom stereocenters. The van der Waals surface area contributed by atoms with Crippen molar-refractivity contribution in [1.82, 2.24) is 0 Å². The SMILES string of the molecule is COc1ccc(NS(=O)(=O)c2ccc(C)c(C(=O)Nc3ccc(F)cc3F)c2)cc1. The highest BCUT2D eigenvalue weighted by Gasteiger charge is 2.19. The monoisotopic (exact) mass is 432 g/mol. The molecule has 2 N–H and O–H groups in total. The molecule has 0 saturated heterocycles. The lowest BCUT2D eigenvalue weighted by atomic mass is 10.1. The van der Waals surface area contributed by atoms with Crippen LogP contribution in [0, 0.1) is 18.6 Å². The van der Waals surface area contributed by atoms with E-state index in [2.05, 4.69) is 10.0 Å². The van der Waals surface area contributed by atoms with Gasteiger partial charge in [-0.3, -0.25) is 9.52 Å². The molecule has 0 fully saturated rings. The van der Waals surface area contributed by atoms with Gasteiger partial charge in [0, 0.05) is 17.3 Å². The fourth-order valence-corrected chi connectivity index (χ4v) is 3.75. The summed E-state index contributed by atoms with van der Waals surface area (Å²) in [5, 5.41) is 2.33. The van der Waals surface area contributed by atoms with E-state index in [0.717, 1.165) is 12.1 Å². The summed E-state index contributed by atoms with van der Waals surface area (Å²) in [6.45, 7) is 1.61. The Labute approximate surface area is 172 Å². The molecule has 0 bridgehead atoms. The van der Waals surface area contributed by atoms with Crippen LogP contribution >= 0.6 is 0 Å². The second-order valence-corrected chi connectivity index (χ2v) is 8.07. The van der Waals surface area contributed by atoms with Crippen molar-refractivity contribution < 1.29 is 26.7 Å². The van der Waals surface area contributed by atoms with Crippen molar-refractivity contribution >= 4 is 27.3 Å². The number of hydrogen-bond donors (Lipinski definition) is 2. The van der Waals surface area contributed by atoms with Gasteiger partial charge in [-0.1, -0.05) is 6.07 Å². The normalized spacial score (nSPS) is 11.1. The van der Waals surface area contributed by atoms with E-state index in [1.165, 1.54) is 37.4 Å². The summed E-state index contributed by atoms with van der Waals surface area (Å²) in [7, 11) is -2.49. The lowest BCUT2D eigenvalue weighted by Crippen LogP contribution is -2.17. The molecular weight excluding hydrogens is 414 g/mol. The number of nitrogens with one attached hydrogen (secondary N) is 2. The standard InChI is InChI=1S/C21H18F2N2O4S/c1-13-3-9-17(30(27,28)25-15-5-7-16(29-2)8-6-15)12-18(13)21(26)24-20-10-4-14(22)11-19(20)23/h3-12,25H,1-2H3,(H,24,26). The number of rotatable bonds is 6. The first-order valence-electron chi connectivity index (χ1n) is 8.73. The van der Waals surface area contributed by atoms with Gasteiger partial charge in [-0.25, -0.2) is 17.2 Å². The minimum Gasteiger partial charge on any atom is -0.497 e. The van der Waals surface area contributed by atoms with Crippen molar-refractivity contribution in [2.75, 3.05) is 17.1 Å². The fourth-order valence-electron chi connectivity index (χ4n) is 2.67. The summed E-state index contributed by atoms with van der Waals surface area (Å²) < 4.78 is 59.8. The van der Waals surface area contributed by atoms with E-state index >= 15 is 0 Å². The summed E-state index contributed by atoms with van der Waals surface area (Å²) in [6.07, 6.45) is 0. The van der Waals surface area contributed by atoms with E-state index in [4.69, 9.17) is 4.74 Å². The van der Waals surface area contributed by atoms with Gasteiger partial charge in [0.1, 0.15) is 17.4 Å². The lowest BCUT2D eigenvalue weighted by molar-refractivity contribution is 0.102. The maximum atomic E-state index is 13.8. The Morgan fingerprint density at radius 2 is 1.67 bits per heavy atom. The summed E-state index contributed by atoms with van der Waals surface area (Å²) >= 11 is 0. The Bertz CT molecular complexity index is 1200. The largest absolute Gasteiger partial charge is 0.497 e. The Hall–Kier alpha value is -3.46. The lowest BCUT2D eigenvalue weighted by Gasteiger charge is -2.12. The molecule has 3 rings (SSSR count). The second kappa shape index (κ2) is 8.50. The molecule has 0 aromatic heterocycles.